The lowest BCUT2D eigenvalue weighted by Crippen LogP contribution is -2.14. The molecule has 0 aromatic heterocycles. The molecule has 0 unspecified atom stereocenters. The highest BCUT2D eigenvalue weighted by Crippen LogP contribution is 2.29. The molecule has 0 saturated carbocycles. The van der Waals surface area contributed by atoms with E-state index in [0.29, 0.717) is 16.9 Å². The molecule has 0 fully saturated rings. The zero-order valence-electron chi connectivity index (χ0n) is 10.4. The Hall–Kier alpha value is -2.01. The molecular weight excluding hydrogens is 306 g/mol. The van der Waals surface area contributed by atoms with Crippen LogP contribution in [0.5, 0.6) is 0 Å². The number of rotatable bonds is 3. The maximum absolute atomic E-state index is 11.4. The maximum Gasteiger partial charge on any atom is 0.250 e. The van der Waals surface area contributed by atoms with Crippen LogP contribution < -0.4 is 16.8 Å². The molecule has 0 atom stereocenters. The van der Waals surface area contributed by atoms with Crippen LogP contribution in [0.2, 0.25) is 0 Å². The number of para-hydroxylation sites is 1. The number of anilines is 3. The van der Waals surface area contributed by atoms with Crippen molar-refractivity contribution >= 4 is 38.9 Å². The second kappa shape index (κ2) is 5.32. The highest BCUT2D eigenvalue weighted by molar-refractivity contribution is 9.10. The number of nitrogens with one attached hydrogen (secondary N) is 1. The number of amides is 1. The smallest absolute Gasteiger partial charge is 0.250 e. The van der Waals surface area contributed by atoms with Crippen LogP contribution in [0.25, 0.3) is 0 Å². The molecule has 0 bridgehead atoms. The minimum absolute atomic E-state index is 0.372. The lowest BCUT2D eigenvalue weighted by atomic mass is 10.1. The molecule has 19 heavy (non-hydrogen) atoms. The van der Waals surface area contributed by atoms with Gasteiger partial charge in [-0.1, -0.05) is 28.1 Å². The fourth-order valence-corrected chi connectivity index (χ4v) is 2.11. The van der Waals surface area contributed by atoms with Crippen molar-refractivity contribution in [1.82, 2.24) is 0 Å². The van der Waals surface area contributed by atoms with Crippen molar-refractivity contribution in [2.75, 3.05) is 11.1 Å². The van der Waals surface area contributed by atoms with E-state index >= 15 is 0 Å². The van der Waals surface area contributed by atoms with Gasteiger partial charge in [-0.05, 0) is 36.8 Å². The monoisotopic (exact) mass is 319 g/mol. The van der Waals surface area contributed by atoms with Gasteiger partial charge in [-0.25, -0.2) is 0 Å². The van der Waals surface area contributed by atoms with Crippen molar-refractivity contribution in [2.24, 2.45) is 5.73 Å². The number of hydrogen-bond donors (Lipinski definition) is 3. The van der Waals surface area contributed by atoms with E-state index in [9.17, 15) is 4.79 Å². The Bertz CT molecular complexity index is 641. The standard InChI is InChI=1S/C14H14BrN3O/c1-8-5-6-9(7-11(8)15)18-13-10(14(17)19)3-2-4-12(13)16/h2-7,18H,16H2,1H3,(H2,17,19). The molecule has 0 spiro atoms. The summed E-state index contributed by atoms with van der Waals surface area (Å²) in [6, 6.07) is 10.9. The number of hydrogen-bond acceptors (Lipinski definition) is 3. The van der Waals surface area contributed by atoms with Gasteiger partial charge in [0.15, 0.2) is 0 Å². The van der Waals surface area contributed by atoms with Crippen LogP contribution in [0.1, 0.15) is 15.9 Å². The molecule has 0 saturated heterocycles. The second-order valence-corrected chi connectivity index (χ2v) is 5.08. The van der Waals surface area contributed by atoms with Crippen molar-refractivity contribution < 1.29 is 4.79 Å². The molecule has 2 aromatic carbocycles. The van der Waals surface area contributed by atoms with Crippen LogP contribution in [0.4, 0.5) is 17.1 Å². The van der Waals surface area contributed by atoms with E-state index in [4.69, 9.17) is 11.5 Å². The Kier molecular flexibility index (Phi) is 3.76. The van der Waals surface area contributed by atoms with E-state index in [1.807, 2.05) is 25.1 Å². The fourth-order valence-electron chi connectivity index (χ4n) is 1.73. The summed E-state index contributed by atoms with van der Waals surface area (Å²) in [5.41, 5.74) is 14.6. The van der Waals surface area contributed by atoms with Gasteiger partial charge in [-0.3, -0.25) is 4.79 Å². The van der Waals surface area contributed by atoms with Crippen LogP contribution in [-0.4, -0.2) is 5.91 Å². The minimum atomic E-state index is -0.513. The van der Waals surface area contributed by atoms with Crippen molar-refractivity contribution in [3.8, 4) is 0 Å². The van der Waals surface area contributed by atoms with E-state index in [0.717, 1.165) is 15.7 Å². The van der Waals surface area contributed by atoms with Gasteiger partial charge in [-0.2, -0.15) is 0 Å². The Labute approximate surface area is 119 Å². The van der Waals surface area contributed by atoms with Gasteiger partial charge in [0.1, 0.15) is 0 Å². The molecule has 4 nitrogen and oxygen atoms in total. The van der Waals surface area contributed by atoms with E-state index in [1.165, 1.54) is 0 Å². The van der Waals surface area contributed by atoms with Crippen molar-refractivity contribution in [3.63, 3.8) is 0 Å². The Morgan fingerprint density at radius 1 is 1.26 bits per heavy atom. The topological polar surface area (TPSA) is 81.1 Å². The quantitative estimate of drug-likeness (QED) is 0.760. The molecule has 0 radical (unpaired) electrons. The fraction of sp³-hybridized carbons (Fsp3) is 0.0714. The molecule has 0 aliphatic rings. The molecular formula is C14H14BrN3O. The zero-order valence-corrected chi connectivity index (χ0v) is 12.0. The van der Waals surface area contributed by atoms with Crippen molar-refractivity contribution in [2.45, 2.75) is 6.92 Å². The van der Waals surface area contributed by atoms with E-state index in [1.54, 1.807) is 18.2 Å². The first kappa shape index (κ1) is 13.4. The molecule has 5 heteroatoms. The summed E-state index contributed by atoms with van der Waals surface area (Å²) in [6.45, 7) is 2.00. The number of primary amides is 1. The van der Waals surface area contributed by atoms with Crippen LogP contribution >= 0.6 is 15.9 Å². The van der Waals surface area contributed by atoms with Gasteiger partial charge >= 0.3 is 0 Å². The summed E-state index contributed by atoms with van der Waals surface area (Å²) in [5, 5.41) is 3.13. The normalized spacial score (nSPS) is 10.2. The number of aryl methyl sites for hydroxylation is 1. The Balaban J connectivity index is 2.42. The first-order valence-corrected chi connectivity index (χ1v) is 6.50. The molecule has 0 aliphatic heterocycles. The summed E-state index contributed by atoms with van der Waals surface area (Å²) >= 11 is 3.46. The predicted molar refractivity (Wildman–Crippen MR) is 81.5 cm³/mol. The highest BCUT2D eigenvalue weighted by atomic mass is 79.9. The van der Waals surface area contributed by atoms with Crippen LogP contribution in [0.3, 0.4) is 0 Å². The van der Waals surface area contributed by atoms with Crippen molar-refractivity contribution in [3.05, 3.63) is 52.0 Å². The van der Waals surface area contributed by atoms with Crippen LogP contribution in [0.15, 0.2) is 40.9 Å². The average molecular weight is 320 g/mol. The largest absolute Gasteiger partial charge is 0.397 e. The van der Waals surface area contributed by atoms with E-state index in [-0.39, 0.29) is 0 Å². The summed E-state index contributed by atoms with van der Waals surface area (Å²) in [4.78, 5) is 11.4. The average Bonchev–Trinajstić information content (AvgIpc) is 2.36. The van der Waals surface area contributed by atoms with Gasteiger partial charge < -0.3 is 16.8 Å². The zero-order chi connectivity index (χ0) is 14.0. The first-order valence-electron chi connectivity index (χ1n) is 5.70. The summed E-state index contributed by atoms with van der Waals surface area (Å²) in [6.07, 6.45) is 0. The lowest BCUT2D eigenvalue weighted by molar-refractivity contribution is 0.100. The van der Waals surface area contributed by atoms with Crippen LogP contribution in [0, 0.1) is 6.92 Å². The van der Waals surface area contributed by atoms with Gasteiger partial charge in [0.2, 0.25) is 0 Å². The second-order valence-electron chi connectivity index (χ2n) is 4.22. The molecule has 2 rings (SSSR count). The molecule has 0 aliphatic carbocycles. The van der Waals surface area contributed by atoms with Gasteiger partial charge in [-0.15, -0.1) is 0 Å². The number of nitrogen functional groups attached to an aromatic ring is 1. The lowest BCUT2D eigenvalue weighted by Gasteiger charge is -2.13. The molecule has 5 N–H and O–H groups in total. The highest BCUT2D eigenvalue weighted by Gasteiger charge is 2.11. The third kappa shape index (κ3) is 2.88. The summed E-state index contributed by atoms with van der Waals surface area (Å²) in [5.74, 6) is -0.513. The number of halogens is 1. The number of nitrogens with two attached hydrogens (primary N) is 2. The van der Waals surface area contributed by atoms with Gasteiger partial charge in [0.05, 0.1) is 16.9 Å². The molecule has 98 valence electrons. The van der Waals surface area contributed by atoms with Crippen LogP contribution in [-0.2, 0) is 0 Å². The third-order valence-corrected chi connectivity index (χ3v) is 3.66. The van der Waals surface area contributed by atoms with Gasteiger partial charge in [0, 0.05) is 10.2 Å². The van der Waals surface area contributed by atoms with E-state index < -0.39 is 5.91 Å². The Morgan fingerprint density at radius 2 is 2.00 bits per heavy atom. The predicted octanol–water partition coefficient (Wildman–Crippen LogP) is 3.18. The molecule has 0 heterocycles. The Morgan fingerprint density at radius 3 is 2.63 bits per heavy atom. The van der Waals surface area contributed by atoms with Gasteiger partial charge in [0.25, 0.3) is 5.91 Å². The SMILES string of the molecule is Cc1ccc(Nc2c(N)cccc2C(N)=O)cc1Br. The van der Waals surface area contributed by atoms with E-state index in [2.05, 4.69) is 21.2 Å². The molecule has 1 amide bonds. The number of carbonyl (C=O) groups is 1. The summed E-state index contributed by atoms with van der Waals surface area (Å²) < 4.78 is 0.979. The first-order chi connectivity index (χ1) is 8.99. The third-order valence-electron chi connectivity index (χ3n) is 2.80. The van der Waals surface area contributed by atoms with Crippen molar-refractivity contribution in [1.29, 1.82) is 0 Å². The minimum Gasteiger partial charge on any atom is -0.397 e. The molecule has 2 aromatic rings. The number of carbonyl (C=O) groups excluding carboxylic acids is 1. The number of benzene rings is 2. The summed E-state index contributed by atoms with van der Waals surface area (Å²) in [7, 11) is 0. The maximum atomic E-state index is 11.4.